The second kappa shape index (κ2) is 5.96. The minimum Gasteiger partial charge on any atom is -0.326 e. The number of hydrogen-bond donors (Lipinski definition) is 1. The summed E-state index contributed by atoms with van der Waals surface area (Å²) in [5.74, 6) is 0.858. The first-order valence-electron chi connectivity index (χ1n) is 6.33. The number of nitrogens with zero attached hydrogens (tertiary/aromatic N) is 1. The fraction of sp³-hybridized carbons (Fsp3) is 0.917. The summed E-state index contributed by atoms with van der Waals surface area (Å²) < 4.78 is 11.0. The summed E-state index contributed by atoms with van der Waals surface area (Å²) in [6.45, 7) is 6.79. The van der Waals surface area contributed by atoms with Gasteiger partial charge in [-0.1, -0.05) is 13.8 Å². The highest BCUT2D eigenvalue weighted by Gasteiger charge is 2.45. The molecule has 1 fully saturated rings. The van der Waals surface area contributed by atoms with Crippen molar-refractivity contribution >= 4 is 16.7 Å². The maximum absolute atomic E-state index is 12.3. The average molecular weight is 260 g/mol. The van der Waals surface area contributed by atoms with Gasteiger partial charge in [0.25, 0.3) is 0 Å². The Bertz CT molecular complexity index is 309. The molecule has 0 aromatic heterocycles. The smallest absolute Gasteiger partial charge is 0.243 e. The minimum atomic E-state index is -0.769. The van der Waals surface area contributed by atoms with Crippen molar-refractivity contribution < 1.29 is 9.00 Å². The van der Waals surface area contributed by atoms with E-state index in [1.54, 1.807) is 6.26 Å². The molecule has 0 radical (unpaired) electrons. The minimum absolute atomic E-state index is 0.137. The van der Waals surface area contributed by atoms with E-state index in [2.05, 4.69) is 12.2 Å². The van der Waals surface area contributed by atoms with Crippen molar-refractivity contribution in [1.29, 1.82) is 0 Å². The van der Waals surface area contributed by atoms with E-state index in [1.165, 1.54) is 0 Å². The fourth-order valence-electron chi connectivity index (χ4n) is 2.24. The van der Waals surface area contributed by atoms with Crippen LogP contribution >= 0.6 is 0 Å². The Morgan fingerprint density at radius 1 is 1.47 bits per heavy atom. The zero-order valence-electron chi connectivity index (χ0n) is 11.3. The van der Waals surface area contributed by atoms with Gasteiger partial charge in [0.05, 0.1) is 11.7 Å². The molecule has 4 nitrogen and oxygen atoms in total. The molecule has 1 N–H and O–H groups in total. The van der Waals surface area contributed by atoms with Crippen LogP contribution in [-0.2, 0) is 15.6 Å². The van der Waals surface area contributed by atoms with Crippen LogP contribution in [-0.4, -0.2) is 45.3 Å². The van der Waals surface area contributed by atoms with Gasteiger partial charge in [0.2, 0.25) is 5.91 Å². The molecular weight excluding hydrogens is 236 g/mol. The molecule has 0 spiro atoms. The molecule has 1 aliphatic heterocycles. The van der Waals surface area contributed by atoms with Gasteiger partial charge in [0, 0.05) is 29.4 Å². The molecule has 1 rings (SSSR count). The van der Waals surface area contributed by atoms with Crippen LogP contribution in [0.2, 0.25) is 0 Å². The van der Waals surface area contributed by atoms with Crippen LogP contribution in [0.5, 0.6) is 0 Å². The highest BCUT2D eigenvalue weighted by Crippen LogP contribution is 2.24. The van der Waals surface area contributed by atoms with Gasteiger partial charge in [-0.3, -0.25) is 14.3 Å². The third-order valence-corrected chi connectivity index (χ3v) is 4.38. The van der Waals surface area contributed by atoms with E-state index < -0.39 is 16.3 Å². The normalized spacial score (nSPS) is 30.9. The lowest BCUT2D eigenvalue weighted by Gasteiger charge is -2.22. The van der Waals surface area contributed by atoms with Gasteiger partial charge in [0.1, 0.15) is 0 Å². The van der Waals surface area contributed by atoms with E-state index in [4.69, 9.17) is 0 Å². The first-order valence-corrected chi connectivity index (χ1v) is 8.06. The van der Waals surface area contributed by atoms with Crippen LogP contribution in [0.1, 0.15) is 40.0 Å². The third-order valence-electron chi connectivity index (χ3n) is 3.52. The van der Waals surface area contributed by atoms with Gasteiger partial charge >= 0.3 is 0 Å². The van der Waals surface area contributed by atoms with Crippen molar-refractivity contribution in [2.24, 2.45) is 0 Å². The molecule has 0 saturated carbocycles. The molecule has 0 aromatic carbocycles. The summed E-state index contributed by atoms with van der Waals surface area (Å²) in [7, 11) is -0.769. The van der Waals surface area contributed by atoms with E-state index >= 15 is 0 Å². The molecule has 1 heterocycles. The molecule has 3 atom stereocenters. The van der Waals surface area contributed by atoms with E-state index in [0.717, 1.165) is 19.3 Å². The lowest BCUT2D eigenvalue weighted by Crippen LogP contribution is -2.43. The zero-order chi connectivity index (χ0) is 13.1. The van der Waals surface area contributed by atoms with Crippen LogP contribution in [0.25, 0.3) is 0 Å². The molecule has 1 amide bonds. The third kappa shape index (κ3) is 3.28. The van der Waals surface area contributed by atoms with Crippen LogP contribution in [0.15, 0.2) is 0 Å². The van der Waals surface area contributed by atoms with E-state index in [9.17, 15) is 9.00 Å². The van der Waals surface area contributed by atoms with Crippen molar-refractivity contribution in [3.8, 4) is 0 Å². The van der Waals surface area contributed by atoms with Gasteiger partial charge in [0.15, 0.2) is 0 Å². The second-order valence-corrected chi connectivity index (χ2v) is 6.44. The summed E-state index contributed by atoms with van der Waals surface area (Å²) in [6.07, 6.45) is 4.37. The summed E-state index contributed by atoms with van der Waals surface area (Å²) in [4.78, 5) is 14.2. The Kier molecular flexibility index (Phi) is 5.13. The zero-order valence-corrected chi connectivity index (χ0v) is 12.1. The van der Waals surface area contributed by atoms with Gasteiger partial charge in [-0.15, -0.1) is 0 Å². The van der Waals surface area contributed by atoms with Crippen molar-refractivity contribution in [3.05, 3.63) is 0 Å². The van der Waals surface area contributed by atoms with Crippen LogP contribution in [0.3, 0.4) is 0 Å². The van der Waals surface area contributed by atoms with Crippen molar-refractivity contribution in [3.63, 3.8) is 0 Å². The summed E-state index contributed by atoms with van der Waals surface area (Å²) >= 11 is 0. The summed E-state index contributed by atoms with van der Waals surface area (Å²) in [5.41, 5.74) is -0.411. The Morgan fingerprint density at radius 2 is 2.12 bits per heavy atom. The largest absolute Gasteiger partial charge is 0.326 e. The molecule has 0 bridgehead atoms. The lowest BCUT2D eigenvalue weighted by atomic mass is 9.99. The number of nitrogens with one attached hydrogen (secondary N) is 1. The number of carbonyl (C=O) groups is 1. The van der Waals surface area contributed by atoms with Crippen LogP contribution in [0, 0.1) is 0 Å². The highest BCUT2D eigenvalue weighted by molar-refractivity contribution is 7.84. The molecule has 0 aliphatic carbocycles. The first-order chi connectivity index (χ1) is 7.94. The Labute approximate surface area is 107 Å². The first kappa shape index (κ1) is 14.6. The number of carbonyl (C=O) groups excluding carboxylic acids is 1. The SMILES string of the molecule is CCC1NC(C)(CC)C(=O)N1CCCS(C)=O. The molecule has 17 heavy (non-hydrogen) atoms. The monoisotopic (exact) mass is 260 g/mol. The summed E-state index contributed by atoms with van der Waals surface area (Å²) in [6, 6.07) is 0. The fourth-order valence-corrected chi connectivity index (χ4v) is 2.77. The predicted octanol–water partition coefficient (Wildman–Crippen LogP) is 1.09. The molecular formula is C12H24N2O2S. The lowest BCUT2D eigenvalue weighted by molar-refractivity contribution is -0.133. The molecule has 1 aliphatic rings. The van der Waals surface area contributed by atoms with Gasteiger partial charge in [-0.2, -0.15) is 0 Å². The van der Waals surface area contributed by atoms with E-state index in [-0.39, 0.29) is 12.1 Å². The standard InChI is InChI=1S/C12H24N2O2S/c1-5-10-13-12(3,6-2)11(15)14(10)8-7-9-17(4)16/h10,13H,5-9H2,1-4H3. The topological polar surface area (TPSA) is 49.4 Å². The number of hydrogen-bond acceptors (Lipinski definition) is 3. The number of amides is 1. The maximum Gasteiger partial charge on any atom is 0.243 e. The van der Waals surface area contributed by atoms with Gasteiger partial charge in [-0.25, -0.2) is 0 Å². The van der Waals surface area contributed by atoms with Crippen molar-refractivity contribution in [2.75, 3.05) is 18.6 Å². The molecule has 3 unspecified atom stereocenters. The predicted molar refractivity (Wildman–Crippen MR) is 71.2 cm³/mol. The molecule has 0 aromatic rings. The highest BCUT2D eigenvalue weighted by atomic mass is 32.2. The molecule has 100 valence electrons. The quantitative estimate of drug-likeness (QED) is 0.778. The summed E-state index contributed by atoms with van der Waals surface area (Å²) in [5, 5.41) is 3.41. The number of rotatable bonds is 6. The molecule has 5 heteroatoms. The Balaban J connectivity index is 2.62. The van der Waals surface area contributed by atoms with E-state index in [1.807, 2.05) is 18.7 Å². The second-order valence-electron chi connectivity index (χ2n) is 4.88. The Hall–Kier alpha value is -0.420. The Morgan fingerprint density at radius 3 is 2.59 bits per heavy atom. The average Bonchev–Trinajstić information content (AvgIpc) is 2.53. The van der Waals surface area contributed by atoms with Gasteiger partial charge in [-0.05, 0) is 26.2 Å². The maximum atomic E-state index is 12.3. The van der Waals surface area contributed by atoms with Crippen molar-refractivity contribution in [2.45, 2.75) is 51.7 Å². The van der Waals surface area contributed by atoms with Gasteiger partial charge < -0.3 is 4.90 Å². The van der Waals surface area contributed by atoms with Crippen molar-refractivity contribution in [1.82, 2.24) is 10.2 Å². The van der Waals surface area contributed by atoms with Crippen LogP contribution in [0.4, 0.5) is 0 Å². The molecule has 1 saturated heterocycles. The van der Waals surface area contributed by atoms with Crippen LogP contribution < -0.4 is 5.32 Å². The van der Waals surface area contributed by atoms with E-state index in [0.29, 0.717) is 12.3 Å².